The van der Waals surface area contributed by atoms with Crippen LogP contribution in [0.4, 0.5) is 5.69 Å². The Morgan fingerprint density at radius 2 is 1.71 bits per heavy atom. The van der Waals surface area contributed by atoms with Gasteiger partial charge in [-0.25, -0.2) is 8.42 Å². The molecule has 2 fully saturated rings. The van der Waals surface area contributed by atoms with Crippen LogP contribution in [0.15, 0.2) is 24.3 Å². The minimum Gasteiger partial charge on any atom is -0.349 e. The maximum absolute atomic E-state index is 12.5. The normalized spacial score (nSPS) is 29.8. The van der Waals surface area contributed by atoms with Crippen molar-refractivity contribution < 1.29 is 13.2 Å². The Kier molecular flexibility index (Phi) is 4.83. The van der Waals surface area contributed by atoms with E-state index in [-0.39, 0.29) is 18.0 Å². The van der Waals surface area contributed by atoms with E-state index >= 15 is 0 Å². The van der Waals surface area contributed by atoms with Crippen molar-refractivity contribution in [2.24, 2.45) is 17.6 Å². The number of nitrogens with one attached hydrogen (secondary N) is 2. The summed E-state index contributed by atoms with van der Waals surface area (Å²) in [4.78, 5) is 12.5. The van der Waals surface area contributed by atoms with Gasteiger partial charge in [0.2, 0.25) is 10.0 Å². The lowest BCUT2D eigenvalue weighted by atomic mass is 9.67. The highest BCUT2D eigenvalue weighted by atomic mass is 32.2. The smallest absolute Gasteiger partial charge is 0.251 e. The molecule has 6 nitrogen and oxygen atoms in total. The van der Waals surface area contributed by atoms with Crippen molar-refractivity contribution in [2.75, 3.05) is 11.0 Å². The van der Waals surface area contributed by atoms with Gasteiger partial charge in [0.25, 0.3) is 5.91 Å². The summed E-state index contributed by atoms with van der Waals surface area (Å²) in [7, 11) is -3.31. The predicted molar refractivity (Wildman–Crippen MR) is 94.2 cm³/mol. The molecule has 3 rings (SSSR count). The van der Waals surface area contributed by atoms with Crippen LogP contribution < -0.4 is 15.8 Å². The molecular formula is C17H25N3O3S. The van der Waals surface area contributed by atoms with Crippen LogP contribution in [0.25, 0.3) is 0 Å². The number of hydrogen-bond acceptors (Lipinski definition) is 4. The largest absolute Gasteiger partial charge is 0.349 e. The number of rotatable bonds is 4. The third-order valence-corrected chi connectivity index (χ3v) is 5.73. The number of hydrogen-bond donors (Lipinski definition) is 3. The Balaban J connectivity index is 1.66. The fraction of sp³-hybridized carbons (Fsp3) is 0.588. The monoisotopic (exact) mass is 351 g/mol. The molecular weight excluding hydrogens is 326 g/mol. The van der Waals surface area contributed by atoms with E-state index in [1.54, 1.807) is 24.3 Å². The zero-order chi connectivity index (χ0) is 17.3. The lowest BCUT2D eigenvalue weighted by molar-refractivity contribution is 0.0756. The lowest BCUT2D eigenvalue weighted by Crippen LogP contribution is -2.53. The molecule has 132 valence electrons. The van der Waals surface area contributed by atoms with Gasteiger partial charge in [-0.1, -0.05) is 6.42 Å². The van der Waals surface area contributed by atoms with Crippen LogP contribution in [0.1, 0.15) is 42.5 Å². The first-order valence-electron chi connectivity index (χ1n) is 8.46. The van der Waals surface area contributed by atoms with Gasteiger partial charge >= 0.3 is 0 Å². The van der Waals surface area contributed by atoms with E-state index in [0.717, 1.165) is 31.9 Å². The lowest BCUT2D eigenvalue weighted by Gasteiger charge is -2.45. The van der Waals surface area contributed by atoms with Gasteiger partial charge in [0.15, 0.2) is 0 Å². The molecule has 2 bridgehead atoms. The summed E-state index contributed by atoms with van der Waals surface area (Å²) < 4.78 is 24.8. The summed E-state index contributed by atoms with van der Waals surface area (Å²) in [5.41, 5.74) is 7.12. The van der Waals surface area contributed by atoms with Crippen molar-refractivity contribution >= 4 is 21.6 Å². The number of fused-ring (bicyclic) bond motifs is 2. The number of carbonyl (C=O) groups is 1. The molecule has 2 atom stereocenters. The van der Waals surface area contributed by atoms with Gasteiger partial charge in [0, 0.05) is 23.3 Å². The molecule has 1 aromatic carbocycles. The number of anilines is 1. The van der Waals surface area contributed by atoms with Crippen molar-refractivity contribution in [3.63, 3.8) is 0 Å². The van der Waals surface area contributed by atoms with Crippen molar-refractivity contribution in [1.29, 1.82) is 0 Å². The van der Waals surface area contributed by atoms with Crippen LogP contribution in [0.5, 0.6) is 0 Å². The van der Waals surface area contributed by atoms with Gasteiger partial charge in [-0.2, -0.15) is 0 Å². The van der Waals surface area contributed by atoms with Crippen LogP contribution >= 0.6 is 0 Å². The Morgan fingerprint density at radius 3 is 2.25 bits per heavy atom. The van der Waals surface area contributed by atoms with Gasteiger partial charge in [-0.05, 0) is 61.8 Å². The molecule has 0 aliphatic heterocycles. The van der Waals surface area contributed by atoms with Crippen molar-refractivity contribution in [3.8, 4) is 0 Å². The van der Waals surface area contributed by atoms with Crippen LogP contribution in [0, 0.1) is 11.8 Å². The summed E-state index contributed by atoms with van der Waals surface area (Å²) in [5, 5.41) is 3.19. The maximum Gasteiger partial charge on any atom is 0.251 e. The van der Waals surface area contributed by atoms with Crippen LogP contribution in [-0.2, 0) is 10.0 Å². The molecule has 4 N–H and O–H groups in total. The minimum atomic E-state index is -3.31. The van der Waals surface area contributed by atoms with E-state index in [9.17, 15) is 13.2 Å². The maximum atomic E-state index is 12.5. The van der Waals surface area contributed by atoms with E-state index in [4.69, 9.17) is 5.73 Å². The van der Waals surface area contributed by atoms with Gasteiger partial charge < -0.3 is 11.1 Å². The molecule has 0 spiro atoms. The van der Waals surface area contributed by atoms with Gasteiger partial charge in [0.05, 0.1) is 6.26 Å². The highest BCUT2D eigenvalue weighted by Gasteiger charge is 2.39. The second-order valence-corrected chi connectivity index (χ2v) is 8.88. The molecule has 2 aliphatic carbocycles. The fourth-order valence-corrected chi connectivity index (χ4v) is 4.73. The summed E-state index contributed by atoms with van der Waals surface area (Å²) in [6.07, 6.45) is 6.55. The quantitative estimate of drug-likeness (QED) is 0.768. The van der Waals surface area contributed by atoms with E-state index in [1.807, 2.05) is 0 Å². The Bertz CT molecular complexity index is 688. The van der Waals surface area contributed by atoms with Crippen LogP contribution in [0.2, 0.25) is 0 Å². The average Bonchev–Trinajstić information content (AvgIpc) is 2.47. The molecule has 24 heavy (non-hydrogen) atoms. The van der Waals surface area contributed by atoms with Gasteiger partial charge in [0.1, 0.15) is 0 Å². The highest BCUT2D eigenvalue weighted by Crippen LogP contribution is 2.39. The SMILES string of the molecule is CS(=O)(=O)Nc1ccc(C(=O)NC2C3CCCC2CC(N)C3)cc1. The number of amides is 1. The van der Waals surface area contributed by atoms with Crippen molar-refractivity contribution in [2.45, 2.75) is 44.2 Å². The Labute approximate surface area is 143 Å². The number of nitrogens with two attached hydrogens (primary N) is 1. The zero-order valence-corrected chi connectivity index (χ0v) is 14.7. The molecule has 0 radical (unpaired) electrons. The molecule has 2 unspecified atom stereocenters. The average molecular weight is 351 g/mol. The molecule has 0 aromatic heterocycles. The first-order chi connectivity index (χ1) is 11.3. The molecule has 1 amide bonds. The predicted octanol–water partition coefficient (Wildman–Crippen LogP) is 1.69. The standard InChI is InChI=1S/C17H25N3O3S/c1-24(22,23)20-15-7-5-11(6-8-15)17(21)19-16-12-3-2-4-13(16)10-14(18)9-12/h5-8,12-14,16,20H,2-4,9-10,18H2,1H3,(H,19,21). The Morgan fingerprint density at radius 1 is 1.12 bits per heavy atom. The molecule has 2 saturated carbocycles. The topological polar surface area (TPSA) is 101 Å². The molecule has 0 saturated heterocycles. The molecule has 0 heterocycles. The zero-order valence-electron chi connectivity index (χ0n) is 13.9. The van der Waals surface area contributed by atoms with Gasteiger partial charge in [-0.15, -0.1) is 0 Å². The van der Waals surface area contributed by atoms with Crippen LogP contribution in [-0.4, -0.2) is 32.7 Å². The third kappa shape index (κ3) is 4.08. The fourth-order valence-electron chi connectivity index (χ4n) is 4.16. The van der Waals surface area contributed by atoms with E-state index in [0.29, 0.717) is 23.1 Å². The highest BCUT2D eigenvalue weighted by molar-refractivity contribution is 7.92. The first kappa shape index (κ1) is 17.2. The van der Waals surface area contributed by atoms with E-state index in [2.05, 4.69) is 10.0 Å². The molecule has 2 aliphatic rings. The van der Waals surface area contributed by atoms with Gasteiger partial charge in [-0.3, -0.25) is 9.52 Å². The second-order valence-electron chi connectivity index (χ2n) is 7.13. The van der Waals surface area contributed by atoms with E-state index in [1.165, 1.54) is 6.42 Å². The molecule has 7 heteroatoms. The summed E-state index contributed by atoms with van der Waals surface area (Å²) >= 11 is 0. The first-order valence-corrected chi connectivity index (χ1v) is 10.4. The number of benzene rings is 1. The number of carbonyl (C=O) groups excluding carboxylic acids is 1. The van der Waals surface area contributed by atoms with Crippen LogP contribution in [0.3, 0.4) is 0 Å². The Hall–Kier alpha value is -1.60. The summed E-state index contributed by atoms with van der Waals surface area (Å²) in [6, 6.07) is 6.97. The minimum absolute atomic E-state index is 0.0988. The van der Waals surface area contributed by atoms with Crippen molar-refractivity contribution in [3.05, 3.63) is 29.8 Å². The van der Waals surface area contributed by atoms with E-state index < -0.39 is 10.0 Å². The van der Waals surface area contributed by atoms with Crippen molar-refractivity contribution in [1.82, 2.24) is 5.32 Å². The summed E-state index contributed by atoms with van der Waals surface area (Å²) in [5.74, 6) is 0.850. The number of sulfonamides is 1. The summed E-state index contributed by atoms with van der Waals surface area (Å²) in [6.45, 7) is 0. The second kappa shape index (κ2) is 6.72. The third-order valence-electron chi connectivity index (χ3n) is 5.12. The molecule has 1 aromatic rings.